The molecular weight excluding hydrogens is 254 g/mol. The van der Waals surface area contributed by atoms with Gasteiger partial charge in [0.1, 0.15) is 5.75 Å². The third-order valence-corrected chi connectivity index (χ3v) is 2.54. The first-order valence-corrected chi connectivity index (χ1v) is 5.75. The van der Waals surface area contributed by atoms with Crippen molar-refractivity contribution in [2.45, 2.75) is 6.54 Å². The Kier molecular flexibility index (Phi) is 4.20. The molecule has 0 atom stereocenters. The second-order valence-electron chi connectivity index (χ2n) is 3.57. The van der Waals surface area contributed by atoms with E-state index in [0.717, 1.165) is 5.69 Å². The fourth-order valence-corrected chi connectivity index (χ4v) is 1.52. The fourth-order valence-electron chi connectivity index (χ4n) is 1.33. The number of ether oxygens (including phenoxy) is 1. The van der Waals surface area contributed by atoms with Crippen molar-refractivity contribution in [1.29, 1.82) is 0 Å². The number of aromatic nitrogens is 2. The molecule has 0 bridgehead atoms. The highest BCUT2D eigenvalue weighted by Gasteiger charge is 2.05. The molecule has 0 aliphatic carbocycles. The summed E-state index contributed by atoms with van der Waals surface area (Å²) in [6.07, 6.45) is 3.21. The monoisotopic (exact) mass is 265 g/mol. The van der Waals surface area contributed by atoms with Gasteiger partial charge in [0.05, 0.1) is 23.6 Å². The van der Waals surface area contributed by atoms with Crippen LogP contribution < -0.4 is 10.1 Å². The summed E-state index contributed by atoms with van der Waals surface area (Å²) in [7, 11) is 0. The molecule has 0 aliphatic rings. The van der Waals surface area contributed by atoms with Gasteiger partial charge in [-0.05, 0) is 12.1 Å². The van der Waals surface area contributed by atoms with Crippen LogP contribution in [0.1, 0.15) is 5.69 Å². The van der Waals surface area contributed by atoms with Gasteiger partial charge in [0.15, 0.2) is 6.61 Å². The van der Waals surface area contributed by atoms with Crippen molar-refractivity contribution >= 4 is 17.5 Å². The number of aromatic amines is 1. The maximum Gasteiger partial charge on any atom is 0.258 e. The Hall–Kier alpha value is -2.01. The van der Waals surface area contributed by atoms with E-state index in [2.05, 4.69) is 15.3 Å². The number of hydrogen-bond donors (Lipinski definition) is 2. The highest BCUT2D eigenvalue weighted by molar-refractivity contribution is 6.32. The molecule has 0 unspecified atom stereocenters. The second-order valence-corrected chi connectivity index (χ2v) is 3.98. The standard InChI is InChI=1S/C12H12ClN3O2/c13-10-3-1-2-4-11(10)18-7-12(17)15-6-9-5-14-8-16-9/h1-5,8H,6-7H2,(H,14,16)(H,15,17). The molecule has 6 heteroatoms. The molecule has 0 saturated carbocycles. The summed E-state index contributed by atoms with van der Waals surface area (Å²) in [6.45, 7) is 0.322. The zero-order chi connectivity index (χ0) is 12.8. The van der Waals surface area contributed by atoms with Gasteiger partial charge in [0.25, 0.3) is 5.91 Å². The van der Waals surface area contributed by atoms with Crippen LogP contribution in [0.5, 0.6) is 5.75 Å². The second kappa shape index (κ2) is 6.07. The minimum atomic E-state index is -0.218. The largest absolute Gasteiger partial charge is 0.482 e. The maximum absolute atomic E-state index is 11.5. The molecule has 1 aromatic heterocycles. The van der Waals surface area contributed by atoms with Crippen molar-refractivity contribution in [2.24, 2.45) is 0 Å². The van der Waals surface area contributed by atoms with Crippen LogP contribution in [-0.4, -0.2) is 22.5 Å². The lowest BCUT2D eigenvalue weighted by Crippen LogP contribution is -2.28. The van der Waals surface area contributed by atoms with Crippen molar-refractivity contribution in [2.75, 3.05) is 6.61 Å². The van der Waals surface area contributed by atoms with Crippen molar-refractivity contribution in [3.8, 4) is 5.75 Å². The lowest BCUT2D eigenvalue weighted by Gasteiger charge is -2.07. The number of carbonyl (C=O) groups is 1. The number of halogens is 1. The molecule has 0 radical (unpaired) electrons. The van der Waals surface area contributed by atoms with Gasteiger partial charge in [-0.2, -0.15) is 0 Å². The summed E-state index contributed by atoms with van der Waals surface area (Å²) < 4.78 is 5.30. The Bertz CT molecular complexity index is 514. The predicted molar refractivity (Wildman–Crippen MR) is 67.4 cm³/mol. The summed E-state index contributed by atoms with van der Waals surface area (Å²) >= 11 is 5.90. The molecule has 2 N–H and O–H groups in total. The number of imidazole rings is 1. The van der Waals surface area contributed by atoms with Gasteiger partial charge in [-0.3, -0.25) is 4.79 Å². The first-order valence-electron chi connectivity index (χ1n) is 5.37. The Morgan fingerprint density at radius 3 is 3.00 bits per heavy atom. The van der Waals surface area contributed by atoms with Gasteiger partial charge >= 0.3 is 0 Å². The fraction of sp³-hybridized carbons (Fsp3) is 0.167. The molecule has 0 fully saturated rings. The van der Waals surface area contributed by atoms with Crippen molar-refractivity contribution in [3.63, 3.8) is 0 Å². The van der Waals surface area contributed by atoms with Gasteiger partial charge in [-0.1, -0.05) is 23.7 Å². The predicted octanol–water partition coefficient (Wildman–Crippen LogP) is 1.76. The normalized spacial score (nSPS) is 10.1. The van der Waals surface area contributed by atoms with E-state index in [4.69, 9.17) is 16.3 Å². The number of benzene rings is 1. The lowest BCUT2D eigenvalue weighted by molar-refractivity contribution is -0.123. The minimum Gasteiger partial charge on any atom is -0.482 e. The smallest absolute Gasteiger partial charge is 0.258 e. The van der Waals surface area contributed by atoms with Crippen LogP contribution in [0.3, 0.4) is 0 Å². The van der Waals surface area contributed by atoms with Crippen molar-refractivity contribution < 1.29 is 9.53 Å². The highest BCUT2D eigenvalue weighted by atomic mass is 35.5. The molecule has 18 heavy (non-hydrogen) atoms. The highest BCUT2D eigenvalue weighted by Crippen LogP contribution is 2.22. The summed E-state index contributed by atoms with van der Waals surface area (Å²) in [5, 5.41) is 3.18. The molecule has 2 rings (SSSR count). The van der Waals surface area contributed by atoms with Crippen LogP contribution in [0.4, 0.5) is 0 Å². The molecule has 1 amide bonds. The number of nitrogens with zero attached hydrogens (tertiary/aromatic N) is 1. The third-order valence-electron chi connectivity index (χ3n) is 2.23. The van der Waals surface area contributed by atoms with Crippen molar-refractivity contribution in [3.05, 3.63) is 47.5 Å². The van der Waals surface area contributed by atoms with E-state index in [1.54, 1.807) is 36.8 Å². The Labute approximate surface area is 109 Å². The van der Waals surface area contributed by atoms with Crippen LogP contribution in [0.25, 0.3) is 0 Å². The summed E-state index contributed by atoms with van der Waals surface area (Å²) in [4.78, 5) is 18.2. The van der Waals surface area contributed by atoms with Gasteiger partial charge < -0.3 is 15.0 Å². The van der Waals surface area contributed by atoms with Crippen LogP contribution in [0.2, 0.25) is 5.02 Å². The number of amides is 1. The van der Waals surface area contributed by atoms with E-state index in [0.29, 0.717) is 17.3 Å². The molecule has 0 aliphatic heterocycles. The maximum atomic E-state index is 11.5. The first-order chi connectivity index (χ1) is 8.75. The van der Waals surface area contributed by atoms with E-state index in [1.165, 1.54) is 0 Å². The first kappa shape index (κ1) is 12.4. The van der Waals surface area contributed by atoms with Gasteiger partial charge in [0.2, 0.25) is 0 Å². The number of rotatable bonds is 5. The molecule has 2 aromatic rings. The lowest BCUT2D eigenvalue weighted by atomic mass is 10.3. The van der Waals surface area contributed by atoms with Gasteiger partial charge in [0, 0.05) is 6.20 Å². The molecule has 0 spiro atoms. The van der Waals surface area contributed by atoms with E-state index in [-0.39, 0.29) is 12.5 Å². The number of para-hydroxylation sites is 1. The third kappa shape index (κ3) is 3.49. The summed E-state index contributed by atoms with van der Waals surface area (Å²) in [6, 6.07) is 7.01. The Morgan fingerprint density at radius 2 is 2.28 bits per heavy atom. The van der Waals surface area contributed by atoms with E-state index >= 15 is 0 Å². The van der Waals surface area contributed by atoms with Crippen LogP contribution in [0, 0.1) is 0 Å². The van der Waals surface area contributed by atoms with Crippen LogP contribution in [0.15, 0.2) is 36.8 Å². The van der Waals surface area contributed by atoms with E-state index in [1.807, 2.05) is 0 Å². The number of H-pyrrole nitrogens is 1. The van der Waals surface area contributed by atoms with E-state index in [9.17, 15) is 4.79 Å². The quantitative estimate of drug-likeness (QED) is 0.866. The Morgan fingerprint density at radius 1 is 1.44 bits per heavy atom. The summed E-state index contributed by atoms with van der Waals surface area (Å²) in [5.41, 5.74) is 0.834. The van der Waals surface area contributed by atoms with Crippen molar-refractivity contribution in [1.82, 2.24) is 15.3 Å². The zero-order valence-electron chi connectivity index (χ0n) is 9.52. The molecule has 1 aromatic carbocycles. The van der Waals surface area contributed by atoms with Crippen LogP contribution in [-0.2, 0) is 11.3 Å². The van der Waals surface area contributed by atoms with Gasteiger partial charge in [-0.25, -0.2) is 4.98 Å². The molecule has 0 saturated heterocycles. The molecule has 1 heterocycles. The molecule has 5 nitrogen and oxygen atoms in total. The number of carbonyl (C=O) groups excluding carboxylic acids is 1. The summed E-state index contributed by atoms with van der Waals surface area (Å²) in [5.74, 6) is 0.278. The van der Waals surface area contributed by atoms with E-state index < -0.39 is 0 Å². The van der Waals surface area contributed by atoms with Crippen LogP contribution >= 0.6 is 11.6 Å². The minimum absolute atomic E-state index is 0.0716. The average molecular weight is 266 g/mol. The zero-order valence-corrected chi connectivity index (χ0v) is 10.3. The SMILES string of the molecule is O=C(COc1ccccc1Cl)NCc1cnc[nH]1. The van der Waals surface area contributed by atoms with Gasteiger partial charge in [-0.15, -0.1) is 0 Å². The number of hydrogen-bond acceptors (Lipinski definition) is 3. The molecular formula is C12H12ClN3O2. The topological polar surface area (TPSA) is 67.0 Å². The Balaban J connectivity index is 1.77. The number of nitrogens with one attached hydrogen (secondary N) is 2. The average Bonchev–Trinajstić information content (AvgIpc) is 2.88. The molecule has 94 valence electrons.